The first-order chi connectivity index (χ1) is 26.6. The largest absolute Gasteiger partial charge is 0.494 e. The van der Waals surface area contributed by atoms with Crippen LogP contribution in [0.15, 0.2) is 48.5 Å². The summed E-state index contributed by atoms with van der Waals surface area (Å²) < 4.78 is 39.1. The molecule has 0 radical (unpaired) electrons. The number of benzene rings is 6. The Morgan fingerprint density at radius 1 is 0.278 bits per heavy atom. The van der Waals surface area contributed by atoms with Crippen LogP contribution in [0.25, 0.3) is 53.9 Å². The molecule has 0 atom stereocenters. The van der Waals surface area contributed by atoms with Crippen molar-refractivity contribution in [1.29, 1.82) is 0 Å². The molecule has 0 fully saturated rings. The quantitative estimate of drug-likeness (QED) is 0.0351. The van der Waals surface area contributed by atoms with Gasteiger partial charge in [0.05, 0.1) is 39.6 Å². The van der Waals surface area contributed by atoms with Crippen molar-refractivity contribution in [3.05, 3.63) is 48.5 Å². The molecule has 0 amide bonds. The normalized spacial score (nSPS) is 11.7. The van der Waals surface area contributed by atoms with Crippen LogP contribution in [0.3, 0.4) is 0 Å². The topological polar surface area (TPSA) is 55.4 Å². The lowest BCUT2D eigenvalue weighted by Crippen LogP contribution is -2.04. The van der Waals surface area contributed by atoms with Crippen LogP contribution >= 0.6 is 0 Å². The summed E-state index contributed by atoms with van der Waals surface area (Å²) in [7, 11) is 0. The zero-order valence-electron chi connectivity index (χ0n) is 33.8. The standard InChI is InChI=1S/C48H62O6/c1-7-13-19-49-33-25-39-35-29-43(51-21-15-9-3)45(53-23-17-11-5)31-37(35)41-27-34(50-20-14-8-2)28-42-38-32-46(54-24-18-12-6)44(52-22-16-10-4)30-36(38)40(26-33)47(39)48(41)42/h25-32H,7-24H2,1-6H3. The molecule has 0 heterocycles. The van der Waals surface area contributed by atoms with Crippen LogP contribution in [-0.2, 0) is 0 Å². The van der Waals surface area contributed by atoms with Crippen molar-refractivity contribution < 1.29 is 28.4 Å². The Labute approximate surface area is 322 Å². The molecule has 0 aliphatic heterocycles. The van der Waals surface area contributed by atoms with Crippen LogP contribution in [0.5, 0.6) is 34.5 Å². The van der Waals surface area contributed by atoms with E-state index in [9.17, 15) is 0 Å². The van der Waals surface area contributed by atoms with Gasteiger partial charge in [0.15, 0.2) is 23.0 Å². The molecule has 0 saturated heterocycles. The number of hydrogen-bond donors (Lipinski definition) is 0. The van der Waals surface area contributed by atoms with Crippen LogP contribution in [0.2, 0.25) is 0 Å². The fourth-order valence-corrected chi connectivity index (χ4v) is 7.22. The summed E-state index contributed by atoms with van der Waals surface area (Å²) in [5.41, 5.74) is 0. The number of ether oxygens (including phenoxy) is 6. The minimum absolute atomic E-state index is 0.644. The summed E-state index contributed by atoms with van der Waals surface area (Å²) in [5, 5.41) is 11.5. The van der Waals surface area contributed by atoms with E-state index in [4.69, 9.17) is 28.4 Å². The molecule has 6 heteroatoms. The number of rotatable bonds is 24. The van der Waals surface area contributed by atoms with Gasteiger partial charge in [-0.15, -0.1) is 0 Å². The Bertz CT molecular complexity index is 1830. The van der Waals surface area contributed by atoms with E-state index < -0.39 is 0 Å². The number of fused-ring (bicyclic) bond motifs is 6. The van der Waals surface area contributed by atoms with Gasteiger partial charge in [0.1, 0.15) is 11.5 Å². The first-order valence-corrected chi connectivity index (χ1v) is 21.1. The summed E-state index contributed by atoms with van der Waals surface area (Å²) >= 11 is 0. The van der Waals surface area contributed by atoms with Crippen molar-refractivity contribution in [1.82, 2.24) is 0 Å². The van der Waals surface area contributed by atoms with Gasteiger partial charge >= 0.3 is 0 Å². The minimum atomic E-state index is 0.644. The van der Waals surface area contributed by atoms with E-state index in [1.54, 1.807) is 0 Å². The van der Waals surface area contributed by atoms with Crippen molar-refractivity contribution in [2.45, 2.75) is 119 Å². The molecule has 6 aromatic rings. The Morgan fingerprint density at radius 3 is 0.722 bits per heavy atom. The van der Waals surface area contributed by atoms with E-state index in [0.29, 0.717) is 39.6 Å². The van der Waals surface area contributed by atoms with Crippen molar-refractivity contribution in [2.24, 2.45) is 0 Å². The van der Waals surface area contributed by atoms with Crippen molar-refractivity contribution in [2.75, 3.05) is 39.6 Å². The van der Waals surface area contributed by atoms with Crippen LogP contribution in [0, 0.1) is 0 Å². The lowest BCUT2D eigenvalue weighted by molar-refractivity contribution is 0.262. The Hall–Kier alpha value is -4.32. The highest BCUT2D eigenvalue weighted by Crippen LogP contribution is 2.51. The predicted octanol–water partition coefficient (Wildman–Crippen LogP) is 14.0. The lowest BCUT2D eigenvalue weighted by Gasteiger charge is -2.22. The Morgan fingerprint density at radius 2 is 0.500 bits per heavy atom. The van der Waals surface area contributed by atoms with E-state index in [1.807, 2.05) is 0 Å². The molecule has 0 aliphatic carbocycles. The molecule has 6 aromatic carbocycles. The summed E-state index contributed by atoms with van der Waals surface area (Å²) in [6.07, 6.45) is 12.3. The smallest absolute Gasteiger partial charge is 0.161 e. The van der Waals surface area contributed by atoms with E-state index in [-0.39, 0.29) is 0 Å². The monoisotopic (exact) mass is 734 g/mol. The molecule has 0 spiro atoms. The van der Waals surface area contributed by atoms with Gasteiger partial charge in [0.25, 0.3) is 0 Å². The first-order valence-electron chi connectivity index (χ1n) is 21.1. The summed E-state index contributed by atoms with van der Waals surface area (Å²) in [5.74, 6) is 4.91. The average molecular weight is 735 g/mol. The minimum Gasteiger partial charge on any atom is -0.494 e. The fraction of sp³-hybridized carbons (Fsp3) is 0.500. The van der Waals surface area contributed by atoms with E-state index in [0.717, 1.165) is 155 Å². The van der Waals surface area contributed by atoms with Gasteiger partial charge in [-0.1, -0.05) is 80.1 Å². The molecule has 0 N–H and O–H groups in total. The lowest BCUT2D eigenvalue weighted by atomic mass is 9.85. The molecular weight excluding hydrogens is 673 g/mol. The van der Waals surface area contributed by atoms with Crippen LogP contribution in [-0.4, -0.2) is 39.6 Å². The van der Waals surface area contributed by atoms with Crippen LogP contribution < -0.4 is 28.4 Å². The highest BCUT2D eigenvalue weighted by atomic mass is 16.5. The number of hydrogen-bond acceptors (Lipinski definition) is 6. The van der Waals surface area contributed by atoms with Gasteiger partial charge in [0.2, 0.25) is 0 Å². The van der Waals surface area contributed by atoms with E-state index in [2.05, 4.69) is 90.1 Å². The third kappa shape index (κ3) is 8.64. The molecular formula is C48H62O6. The summed E-state index contributed by atoms with van der Waals surface area (Å²) in [6, 6.07) is 17.8. The predicted molar refractivity (Wildman–Crippen MR) is 228 cm³/mol. The van der Waals surface area contributed by atoms with Crippen molar-refractivity contribution in [3.63, 3.8) is 0 Å². The van der Waals surface area contributed by atoms with E-state index in [1.165, 1.54) is 10.8 Å². The van der Waals surface area contributed by atoms with Gasteiger partial charge in [-0.25, -0.2) is 0 Å². The van der Waals surface area contributed by atoms with Crippen molar-refractivity contribution in [3.8, 4) is 34.5 Å². The molecule has 0 bridgehead atoms. The third-order valence-corrected chi connectivity index (χ3v) is 10.4. The molecule has 6 rings (SSSR count). The molecule has 0 saturated carbocycles. The second kappa shape index (κ2) is 19.3. The zero-order chi connectivity index (χ0) is 37.9. The molecule has 0 aromatic heterocycles. The first kappa shape index (κ1) is 39.4. The second-order valence-corrected chi connectivity index (χ2v) is 14.7. The highest BCUT2D eigenvalue weighted by molar-refractivity contribution is 6.40. The summed E-state index contributed by atoms with van der Waals surface area (Å²) in [6.45, 7) is 17.1. The Kier molecular flexibility index (Phi) is 14.1. The molecule has 54 heavy (non-hydrogen) atoms. The van der Waals surface area contributed by atoms with Gasteiger partial charge in [-0.3, -0.25) is 0 Å². The molecule has 6 nitrogen and oxygen atoms in total. The van der Waals surface area contributed by atoms with Gasteiger partial charge < -0.3 is 28.4 Å². The van der Waals surface area contributed by atoms with E-state index >= 15 is 0 Å². The maximum absolute atomic E-state index is 6.53. The third-order valence-electron chi connectivity index (χ3n) is 10.4. The number of unbranched alkanes of at least 4 members (excludes halogenated alkanes) is 6. The van der Waals surface area contributed by atoms with Gasteiger partial charge in [0, 0.05) is 0 Å². The molecule has 0 aliphatic rings. The maximum atomic E-state index is 6.53. The fourth-order valence-electron chi connectivity index (χ4n) is 7.22. The van der Waals surface area contributed by atoms with Crippen molar-refractivity contribution >= 4 is 53.9 Å². The highest BCUT2D eigenvalue weighted by Gasteiger charge is 2.23. The van der Waals surface area contributed by atoms with Gasteiger partial charge in [-0.2, -0.15) is 0 Å². The van der Waals surface area contributed by atoms with Crippen LogP contribution in [0.1, 0.15) is 119 Å². The van der Waals surface area contributed by atoms with Gasteiger partial charge in [-0.05, 0) is 141 Å². The SMILES string of the molecule is CCCCOc1cc2c3cc(OCCCC)c(OCCCC)cc3c3cc(OCCCC)cc4c5cc(OCCCC)c(OCCCC)cc5c(c1)c2c34. The van der Waals surface area contributed by atoms with Crippen LogP contribution in [0.4, 0.5) is 0 Å². The maximum Gasteiger partial charge on any atom is 0.161 e. The summed E-state index contributed by atoms with van der Waals surface area (Å²) in [4.78, 5) is 0. The Balaban J connectivity index is 1.74. The second-order valence-electron chi connectivity index (χ2n) is 14.7. The zero-order valence-corrected chi connectivity index (χ0v) is 33.8. The molecule has 0 unspecified atom stereocenters. The molecule has 290 valence electrons. The average Bonchev–Trinajstić information content (AvgIpc) is 3.18.